The molecular weight excluding hydrogens is 288 g/mol. The quantitative estimate of drug-likeness (QED) is 0.893. The van der Waals surface area contributed by atoms with Gasteiger partial charge in [-0.25, -0.2) is 13.4 Å². The van der Waals surface area contributed by atoms with E-state index in [0.29, 0.717) is 25.9 Å². The molecule has 0 amide bonds. The van der Waals surface area contributed by atoms with Gasteiger partial charge in [-0.05, 0) is 26.7 Å². The lowest BCUT2D eigenvalue weighted by Gasteiger charge is -2.28. The van der Waals surface area contributed by atoms with Crippen molar-refractivity contribution in [3.05, 3.63) is 12.0 Å². The van der Waals surface area contributed by atoms with Gasteiger partial charge in [0.25, 0.3) is 10.0 Å². The SMILES string of the molecule is CCn1cc(S(=O)(=O)N2CCC(N)CC2)nc1C.Cl. The Morgan fingerprint density at radius 1 is 1.42 bits per heavy atom. The van der Waals surface area contributed by atoms with Gasteiger partial charge in [-0.1, -0.05) is 0 Å². The summed E-state index contributed by atoms with van der Waals surface area (Å²) in [4.78, 5) is 4.15. The molecule has 1 fully saturated rings. The maximum atomic E-state index is 12.4. The van der Waals surface area contributed by atoms with Gasteiger partial charge < -0.3 is 10.3 Å². The molecular formula is C11H21ClN4O2S. The third-order valence-corrected chi connectivity index (χ3v) is 5.17. The van der Waals surface area contributed by atoms with Crippen LogP contribution in [0.2, 0.25) is 0 Å². The second-order valence-electron chi connectivity index (χ2n) is 4.65. The lowest BCUT2D eigenvalue weighted by atomic mass is 10.1. The Morgan fingerprint density at radius 2 is 2.00 bits per heavy atom. The van der Waals surface area contributed by atoms with Crippen LogP contribution in [-0.4, -0.2) is 41.4 Å². The zero-order valence-corrected chi connectivity index (χ0v) is 12.9. The van der Waals surface area contributed by atoms with Gasteiger partial charge in [0, 0.05) is 31.9 Å². The van der Waals surface area contributed by atoms with Crippen LogP contribution in [0.25, 0.3) is 0 Å². The summed E-state index contributed by atoms with van der Waals surface area (Å²) in [6.45, 7) is 5.47. The van der Waals surface area contributed by atoms with Crippen molar-refractivity contribution in [2.45, 2.75) is 44.3 Å². The van der Waals surface area contributed by atoms with E-state index in [1.165, 1.54) is 4.31 Å². The van der Waals surface area contributed by atoms with Crippen LogP contribution in [0, 0.1) is 6.92 Å². The summed E-state index contributed by atoms with van der Waals surface area (Å²) in [6.07, 6.45) is 3.04. The molecule has 1 aliphatic rings. The summed E-state index contributed by atoms with van der Waals surface area (Å²) in [5, 5.41) is 0.150. The number of imidazole rings is 1. The molecule has 1 aromatic rings. The topological polar surface area (TPSA) is 81.2 Å². The van der Waals surface area contributed by atoms with Crippen LogP contribution in [0.1, 0.15) is 25.6 Å². The molecule has 0 atom stereocenters. The standard InChI is InChI=1S/C11H20N4O2S.ClH/c1-3-14-8-11(13-9(14)2)18(16,17)15-6-4-10(12)5-7-15;/h8,10H,3-7,12H2,1-2H3;1H. The number of aromatic nitrogens is 2. The fourth-order valence-corrected chi connectivity index (χ4v) is 3.64. The summed E-state index contributed by atoms with van der Waals surface area (Å²) in [5.74, 6) is 0.727. The second-order valence-corrected chi connectivity index (χ2v) is 6.54. The molecule has 0 aromatic carbocycles. The molecule has 0 saturated carbocycles. The van der Waals surface area contributed by atoms with Crippen molar-refractivity contribution in [3.8, 4) is 0 Å². The van der Waals surface area contributed by atoms with E-state index < -0.39 is 10.0 Å². The fraction of sp³-hybridized carbons (Fsp3) is 0.727. The van der Waals surface area contributed by atoms with Gasteiger partial charge in [0.05, 0.1) is 0 Å². The Bertz CT molecular complexity index is 521. The third-order valence-electron chi connectivity index (χ3n) is 3.40. The van der Waals surface area contributed by atoms with E-state index in [-0.39, 0.29) is 23.5 Å². The first-order valence-corrected chi connectivity index (χ1v) is 7.68. The Kier molecular flexibility index (Phi) is 5.37. The average Bonchev–Trinajstić information content (AvgIpc) is 2.72. The molecule has 8 heteroatoms. The third kappa shape index (κ3) is 3.28. The molecule has 0 aliphatic carbocycles. The zero-order chi connectivity index (χ0) is 13.3. The van der Waals surface area contributed by atoms with Gasteiger partial charge in [0.15, 0.2) is 5.03 Å². The van der Waals surface area contributed by atoms with Crippen molar-refractivity contribution in [1.82, 2.24) is 13.9 Å². The van der Waals surface area contributed by atoms with Crippen molar-refractivity contribution < 1.29 is 8.42 Å². The summed E-state index contributed by atoms with van der Waals surface area (Å²) in [6, 6.07) is 0.117. The molecule has 2 rings (SSSR count). The Morgan fingerprint density at radius 3 is 2.47 bits per heavy atom. The first-order valence-electron chi connectivity index (χ1n) is 6.24. The van der Waals surface area contributed by atoms with Crippen LogP contribution >= 0.6 is 12.4 Å². The number of aryl methyl sites for hydroxylation is 2. The van der Waals surface area contributed by atoms with Crippen molar-refractivity contribution >= 4 is 22.4 Å². The number of hydrogen-bond acceptors (Lipinski definition) is 4. The first-order chi connectivity index (χ1) is 8.45. The molecule has 1 aromatic heterocycles. The predicted octanol–water partition coefficient (Wildman–Crippen LogP) is 0.745. The summed E-state index contributed by atoms with van der Waals surface area (Å²) in [5.41, 5.74) is 5.79. The number of piperidine rings is 1. The monoisotopic (exact) mass is 308 g/mol. The lowest BCUT2D eigenvalue weighted by molar-refractivity contribution is 0.319. The number of hydrogen-bond donors (Lipinski definition) is 1. The molecule has 2 N–H and O–H groups in total. The molecule has 0 spiro atoms. The number of halogens is 1. The van der Waals surface area contributed by atoms with Crippen LogP contribution < -0.4 is 5.73 Å². The van der Waals surface area contributed by atoms with Crippen LogP contribution in [0.4, 0.5) is 0 Å². The Hall–Kier alpha value is -0.630. The molecule has 0 radical (unpaired) electrons. The number of rotatable bonds is 3. The van der Waals surface area contributed by atoms with Crippen molar-refractivity contribution in [2.75, 3.05) is 13.1 Å². The molecule has 1 aliphatic heterocycles. The molecule has 6 nitrogen and oxygen atoms in total. The minimum atomic E-state index is -3.45. The minimum absolute atomic E-state index is 0. The smallest absolute Gasteiger partial charge is 0.262 e. The molecule has 0 unspecified atom stereocenters. The molecule has 19 heavy (non-hydrogen) atoms. The second kappa shape index (κ2) is 6.21. The van der Waals surface area contributed by atoms with E-state index in [9.17, 15) is 8.42 Å². The highest BCUT2D eigenvalue weighted by molar-refractivity contribution is 7.89. The van der Waals surface area contributed by atoms with Gasteiger partial charge >= 0.3 is 0 Å². The first kappa shape index (κ1) is 16.4. The van der Waals surface area contributed by atoms with Crippen molar-refractivity contribution in [3.63, 3.8) is 0 Å². The van der Waals surface area contributed by atoms with Crippen LogP contribution in [-0.2, 0) is 16.6 Å². The zero-order valence-electron chi connectivity index (χ0n) is 11.2. The predicted molar refractivity (Wildman–Crippen MR) is 75.9 cm³/mol. The minimum Gasteiger partial charge on any atom is -0.334 e. The number of nitrogens with zero attached hydrogens (tertiary/aromatic N) is 3. The highest BCUT2D eigenvalue weighted by atomic mass is 35.5. The van der Waals surface area contributed by atoms with Crippen molar-refractivity contribution in [2.24, 2.45) is 5.73 Å². The molecule has 1 saturated heterocycles. The highest BCUT2D eigenvalue weighted by Crippen LogP contribution is 2.19. The molecule has 110 valence electrons. The van der Waals surface area contributed by atoms with E-state index >= 15 is 0 Å². The van der Waals surface area contributed by atoms with Gasteiger partial charge in [-0.15, -0.1) is 12.4 Å². The van der Waals surface area contributed by atoms with Crippen LogP contribution in [0.3, 0.4) is 0 Å². The maximum Gasteiger partial charge on any atom is 0.262 e. The summed E-state index contributed by atoms with van der Waals surface area (Å²) >= 11 is 0. The van der Waals surface area contributed by atoms with Crippen LogP contribution in [0.15, 0.2) is 11.2 Å². The maximum absolute atomic E-state index is 12.4. The summed E-state index contributed by atoms with van der Waals surface area (Å²) in [7, 11) is -3.45. The fourth-order valence-electron chi connectivity index (χ4n) is 2.17. The largest absolute Gasteiger partial charge is 0.334 e. The van der Waals surface area contributed by atoms with Gasteiger partial charge in [0.2, 0.25) is 0 Å². The van der Waals surface area contributed by atoms with E-state index in [1.807, 2.05) is 18.4 Å². The lowest BCUT2D eigenvalue weighted by Crippen LogP contribution is -2.42. The number of nitrogens with two attached hydrogens (primary N) is 1. The normalized spacial score (nSPS) is 18.3. The van der Waals surface area contributed by atoms with Crippen LogP contribution in [0.5, 0.6) is 0 Å². The molecule has 2 heterocycles. The average molecular weight is 309 g/mol. The van der Waals surface area contributed by atoms with Gasteiger partial charge in [0.1, 0.15) is 5.82 Å². The van der Waals surface area contributed by atoms with E-state index in [4.69, 9.17) is 5.73 Å². The number of sulfonamides is 1. The Balaban J connectivity index is 0.00000180. The highest BCUT2D eigenvalue weighted by Gasteiger charge is 2.30. The van der Waals surface area contributed by atoms with Gasteiger partial charge in [-0.2, -0.15) is 4.31 Å². The van der Waals surface area contributed by atoms with E-state index in [1.54, 1.807) is 6.20 Å². The van der Waals surface area contributed by atoms with Gasteiger partial charge in [-0.3, -0.25) is 0 Å². The Labute approximate surface area is 120 Å². The van der Waals surface area contributed by atoms with E-state index in [0.717, 1.165) is 12.4 Å². The summed E-state index contributed by atoms with van der Waals surface area (Å²) < 4.78 is 28.1. The molecule has 0 bridgehead atoms. The van der Waals surface area contributed by atoms with E-state index in [2.05, 4.69) is 4.98 Å². The van der Waals surface area contributed by atoms with Crippen molar-refractivity contribution in [1.29, 1.82) is 0 Å².